The van der Waals surface area contributed by atoms with Crippen LogP contribution in [0.3, 0.4) is 0 Å². The standard InChI is InChI=1S/C23H19ClF3N3O2/c24-15-9-13-10-20(22(31)30-7-5-28-6-8-30)32-21(13)18(12-15)16-3-4-29-19-11-14(23(25,26)27)1-2-17(16)19/h1-4,9,11-12,20,28H,5-8,10H2. The molecule has 5 nitrogen and oxygen atoms in total. The molecule has 5 rings (SSSR count). The van der Waals surface area contributed by atoms with Crippen LogP contribution in [0.25, 0.3) is 22.0 Å². The maximum Gasteiger partial charge on any atom is 0.416 e. The molecule has 166 valence electrons. The highest BCUT2D eigenvalue weighted by Gasteiger charge is 2.35. The van der Waals surface area contributed by atoms with Crippen LogP contribution >= 0.6 is 11.6 Å². The van der Waals surface area contributed by atoms with E-state index in [1.54, 1.807) is 23.1 Å². The maximum atomic E-state index is 13.1. The summed E-state index contributed by atoms with van der Waals surface area (Å²) in [5.74, 6) is 0.467. The van der Waals surface area contributed by atoms with Crippen molar-refractivity contribution < 1.29 is 22.7 Å². The molecule has 32 heavy (non-hydrogen) atoms. The van der Waals surface area contributed by atoms with Crippen molar-refractivity contribution in [1.82, 2.24) is 15.2 Å². The van der Waals surface area contributed by atoms with Gasteiger partial charge in [0.05, 0.1) is 11.1 Å². The Morgan fingerprint density at radius 1 is 1.12 bits per heavy atom. The fourth-order valence-corrected chi connectivity index (χ4v) is 4.55. The van der Waals surface area contributed by atoms with Crippen molar-refractivity contribution in [2.24, 2.45) is 0 Å². The van der Waals surface area contributed by atoms with Crippen molar-refractivity contribution in [3.8, 4) is 16.9 Å². The molecule has 3 heterocycles. The van der Waals surface area contributed by atoms with Gasteiger partial charge in [0.1, 0.15) is 5.75 Å². The van der Waals surface area contributed by atoms with Gasteiger partial charge in [-0.25, -0.2) is 0 Å². The number of benzene rings is 2. The Hall–Kier alpha value is -2.84. The number of alkyl halides is 3. The van der Waals surface area contributed by atoms with Crippen molar-refractivity contribution in [2.45, 2.75) is 18.7 Å². The van der Waals surface area contributed by atoms with Gasteiger partial charge >= 0.3 is 6.18 Å². The molecule has 9 heteroatoms. The first kappa shape index (κ1) is 21.0. The van der Waals surface area contributed by atoms with Gasteiger partial charge in [-0.3, -0.25) is 9.78 Å². The number of carbonyl (C=O) groups excluding carboxylic acids is 1. The number of fused-ring (bicyclic) bond motifs is 2. The van der Waals surface area contributed by atoms with E-state index in [9.17, 15) is 18.0 Å². The molecule has 1 aromatic heterocycles. The van der Waals surface area contributed by atoms with Gasteiger partial charge in [0.15, 0.2) is 6.10 Å². The van der Waals surface area contributed by atoms with Gasteiger partial charge in [0.25, 0.3) is 5.91 Å². The Morgan fingerprint density at radius 3 is 2.66 bits per heavy atom. The average molecular weight is 462 g/mol. The van der Waals surface area contributed by atoms with E-state index in [1.807, 2.05) is 0 Å². The van der Waals surface area contributed by atoms with Gasteiger partial charge in [-0.1, -0.05) is 17.7 Å². The maximum absolute atomic E-state index is 13.1. The molecule has 0 bridgehead atoms. The van der Waals surface area contributed by atoms with Gasteiger partial charge in [0.2, 0.25) is 0 Å². The van der Waals surface area contributed by atoms with Crippen LogP contribution in [0.5, 0.6) is 5.75 Å². The second-order valence-electron chi connectivity index (χ2n) is 7.92. The van der Waals surface area contributed by atoms with Crippen molar-refractivity contribution in [2.75, 3.05) is 26.2 Å². The zero-order valence-electron chi connectivity index (χ0n) is 16.9. The van der Waals surface area contributed by atoms with Crippen LogP contribution in [0, 0.1) is 0 Å². The van der Waals surface area contributed by atoms with Crippen molar-refractivity contribution >= 4 is 28.4 Å². The molecule has 0 aliphatic carbocycles. The Kier molecular flexibility index (Phi) is 5.22. The zero-order chi connectivity index (χ0) is 22.5. The zero-order valence-corrected chi connectivity index (χ0v) is 17.6. The number of piperazine rings is 1. The minimum atomic E-state index is -4.45. The normalized spacial score (nSPS) is 18.5. The van der Waals surface area contributed by atoms with Gasteiger partial charge in [-0.2, -0.15) is 13.2 Å². The van der Waals surface area contributed by atoms with E-state index in [2.05, 4.69) is 10.3 Å². The van der Waals surface area contributed by atoms with Crippen molar-refractivity contribution in [1.29, 1.82) is 0 Å². The Bertz CT molecular complexity index is 1210. The van der Waals surface area contributed by atoms with Crippen molar-refractivity contribution in [3.05, 3.63) is 58.7 Å². The van der Waals surface area contributed by atoms with Crippen LogP contribution in [0.4, 0.5) is 13.2 Å². The summed E-state index contributed by atoms with van der Waals surface area (Å²) in [6.45, 7) is 2.73. The van der Waals surface area contributed by atoms with Crippen LogP contribution in [0.1, 0.15) is 11.1 Å². The first-order valence-electron chi connectivity index (χ1n) is 10.3. The molecule has 1 fully saturated rings. The van der Waals surface area contributed by atoms with E-state index >= 15 is 0 Å². The third-order valence-electron chi connectivity index (χ3n) is 5.86. The summed E-state index contributed by atoms with van der Waals surface area (Å²) < 4.78 is 45.5. The minimum absolute atomic E-state index is 0.0702. The summed E-state index contributed by atoms with van der Waals surface area (Å²) in [6, 6.07) is 8.68. The number of nitrogens with one attached hydrogen (secondary N) is 1. The fourth-order valence-electron chi connectivity index (χ4n) is 4.31. The molecule has 1 saturated heterocycles. The number of hydrogen-bond donors (Lipinski definition) is 1. The fraction of sp³-hybridized carbons (Fsp3) is 0.304. The first-order chi connectivity index (χ1) is 15.3. The largest absolute Gasteiger partial charge is 0.479 e. The van der Waals surface area contributed by atoms with Gasteiger partial charge in [-0.15, -0.1) is 0 Å². The second-order valence-corrected chi connectivity index (χ2v) is 8.35. The molecule has 1 unspecified atom stereocenters. The first-order valence-corrected chi connectivity index (χ1v) is 10.6. The molecule has 0 radical (unpaired) electrons. The van der Waals surface area contributed by atoms with Gasteiger partial charge in [-0.05, 0) is 35.9 Å². The average Bonchev–Trinajstić information content (AvgIpc) is 3.21. The van der Waals surface area contributed by atoms with E-state index in [0.717, 1.165) is 30.8 Å². The minimum Gasteiger partial charge on any atom is -0.479 e. The molecule has 1 amide bonds. The quantitative estimate of drug-likeness (QED) is 0.618. The monoisotopic (exact) mass is 461 g/mol. The lowest BCUT2D eigenvalue weighted by Crippen LogP contribution is -2.50. The number of aromatic nitrogens is 1. The highest BCUT2D eigenvalue weighted by molar-refractivity contribution is 6.31. The number of halogens is 4. The number of rotatable bonds is 2. The molecule has 0 saturated carbocycles. The third-order valence-corrected chi connectivity index (χ3v) is 6.08. The highest BCUT2D eigenvalue weighted by atomic mass is 35.5. The molecule has 0 spiro atoms. The van der Waals surface area contributed by atoms with E-state index in [-0.39, 0.29) is 11.4 Å². The lowest BCUT2D eigenvalue weighted by molar-refractivity contribution is -0.138. The Balaban J connectivity index is 1.54. The smallest absolute Gasteiger partial charge is 0.416 e. The molecule has 2 aromatic carbocycles. The van der Waals surface area contributed by atoms with Crippen LogP contribution < -0.4 is 10.1 Å². The summed E-state index contributed by atoms with van der Waals surface area (Å²) in [5, 5.41) is 4.23. The summed E-state index contributed by atoms with van der Waals surface area (Å²) in [4.78, 5) is 18.9. The van der Waals surface area contributed by atoms with Crippen LogP contribution in [-0.2, 0) is 17.4 Å². The predicted octanol–water partition coefficient (Wildman–Crippen LogP) is 4.31. The summed E-state index contributed by atoms with van der Waals surface area (Å²) >= 11 is 6.37. The topological polar surface area (TPSA) is 54.5 Å². The molecule has 3 aromatic rings. The number of carbonyl (C=O) groups is 1. The predicted molar refractivity (Wildman–Crippen MR) is 115 cm³/mol. The Morgan fingerprint density at radius 2 is 1.91 bits per heavy atom. The summed E-state index contributed by atoms with van der Waals surface area (Å²) in [5.41, 5.74) is 1.55. The molecule has 1 N–H and O–H groups in total. The van der Waals surface area contributed by atoms with E-state index in [1.165, 1.54) is 12.3 Å². The van der Waals surface area contributed by atoms with Gasteiger partial charge in [0, 0.05) is 60.3 Å². The third kappa shape index (κ3) is 3.78. The lowest BCUT2D eigenvalue weighted by atomic mass is 9.97. The van der Waals surface area contributed by atoms with E-state index < -0.39 is 17.8 Å². The lowest BCUT2D eigenvalue weighted by Gasteiger charge is -2.29. The Labute approximate surface area is 187 Å². The summed E-state index contributed by atoms with van der Waals surface area (Å²) in [7, 11) is 0. The number of ether oxygens (including phenoxy) is 1. The van der Waals surface area contributed by atoms with Crippen molar-refractivity contribution in [3.63, 3.8) is 0 Å². The van der Waals surface area contributed by atoms with E-state index in [4.69, 9.17) is 16.3 Å². The van der Waals surface area contributed by atoms with Crippen LogP contribution in [0.2, 0.25) is 5.02 Å². The number of nitrogens with zero attached hydrogens (tertiary/aromatic N) is 2. The molecular weight excluding hydrogens is 443 g/mol. The SMILES string of the molecule is O=C(C1Cc2cc(Cl)cc(-c3ccnc4cc(C(F)(F)F)ccc34)c2O1)N1CCNCC1. The van der Waals surface area contributed by atoms with Crippen LogP contribution in [-0.4, -0.2) is 48.1 Å². The second kappa shape index (κ2) is 7.94. The molecule has 2 aliphatic rings. The molecular formula is C23H19ClF3N3O2. The summed E-state index contributed by atoms with van der Waals surface area (Å²) in [6.07, 6.45) is -3.24. The number of amides is 1. The van der Waals surface area contributed by atoms with Gasteiger partial charge < -0.3 is 15.0 Å². The number of hydrogen-bond acceptors (Lipinski definition) is 4. The molecule has 2 aliphatic heterocycles. The van der Waals surface area contributed by atoms with Crippen LogP contribution in [0.15, 0.2) is 42.6 Å². The van der Waals surface area contributed by atoms with E-state index in [0.29, 0.717) is 46.8 Å². The number of pyridine rings is 1. The highest BCUT2D eigenvalue weighted by Crippen LogP contribution is 2.44. The molecule has 1 atom stereocenters.